The van der Waals surface area contributed by atoms with E-state index in [-0.39, 0.29) is 0 Å². The largest absolute Gasteiger partial charge is 0.244 e. The average Bonchev–Trinajstić information content (AvgIpc) is 1.90. The number of hydrogen-bond donors (Lipinski definition) is 0. The van der Waals surface area contributed by atoms with Crippen LogP contribution in [0, 0.1) is 5.92 Å². The minimum Gasteiger partial charge on any atom is -0.244 e. The van der Waals surface area contributed by atoms with Crippen LogP contribution in [0.3, 0.4) is 0 Å². The van der Waals surface area contributed by atoms with E-state index in [1.807, 2.05) is 0 Å². The summed E-state index contributed by atoms with van der Waals surface area (Å²) in [6.07, 6.45) is 6.07. The van der Waals surface area contributed by atoms with Gasteiger partial charge in [-0.05, 0) is 44.4 Å². The Hall–Kier alpha value is -0.0700. The summed E-state index contributed by atoms with van der Waals surface area (Å²) in [6, 6.07) is 0. The molecule has 3 aliphatic rings. The Morgan fingerprint density at radius 2 is 1.44 bits per heavy atom. The minimum atomic E-state index is -0.714. The maximum Gasteiger partial charge on any atom is 0.111 e. The van der Waals surface area contributed by atoms with E-state index >= 15 is 0 Å². The number of rotatable bonds is 0. The lowest BCUT2D eigenvalue weighted by atomic mass is 9.69. The van der Waals surface area contributed by atoms with Crippen molar-refractivity contribution < 1.29 is 4.39 Å². The molecule has 3 aliphatic carbocycles. The molecular formula is C8H13F. The summed E-state index contributed by atoms with van der Waals surface area (Å²) in [5, 5.41) is 0. The van der Waals surface area contributed by atoms with Crippen molar-refractivity contribution in [3.05, 3.63) is 0 Å². The Balaban J connectivity index is 2.11. The number of alkyl halides is 1. The molecule has 0 N–H and O–H groups in total. The molecule has 0 heterocycles. The highest BCUT2D eigenvalue weighted by molar-refractivity contribution is 4.91. The van der Waals surface area contributed by atoms with Crippen LogP contribution in [0.5, 0.6) is 0 Å². The molecule has 0 nitrogen and oxygen atoms in total. The molecule has 0 aromatic carbocycles. The maximum absolute atomic E-state index is 13.3. The molecule has 0 radical (unpaired) electrons. The van der Waals surface area contributed by atoms with Crippen LogP contribution in [0.1, 0.15) is 38.5 Å². The van der Waals surface area contributed by atoms with E-state index in [0.29, 0.717) is 0 Å². The molecular weight excluding hydrogens is 115 g/mol. The Labute approximate surface area is 55.4 Å². The van der Waals surface area contributed by atoms with Gasteiger partial charge in [0.2, 0.25) is 0 Å². The van der Waals surface area contributed by atoms with Crippen LogP contribution >= 0.6 is 0 Å². The highest BCUT2D eigenvalue weighted by atomic mass is 19.1. The van der Waals surface area contributed by atoms with Gasteiger partial charge in [0.15, 0.2) is 0 Å². The summed E-state index contributed by atoms with van der Waals surface area (Å²) < 4.78 is 13.3. The fourth-order valence-corrected chi connectivity index (χ4v) is 2.20. The van der Waals surface area contributed by atoms with Crippen LogP contribution < -0.4 is 0 Å². The van der Waals surface area contributed by atoms with Crippen molar-refractivity contribution in [1.82, 2.24) is 0 Å². The van der Waals surface area contributed by atoms with Gasteiger partial charge < -0.3 is 0 Å². The van der Waals surface area contributed by atoms with Crippen molar-refractivity contribution in [1.29, 1.82) is 0 Å². The van der Waals surface area contributed by atoms with Crippen LogP contribution in [0.4, 0.5) is 4.39 Å². The van der Waals surface area contributed by atoms with Crippen molar-refractivity contribution in [3.63, 3.8) is 0 Å². The average molecular weight is 128 g/mol. The Bertz CT molecular complexity index is 98.0. The zero-order chi connectivity index (χ0) is 6.32. The summed E-state index contributed by atoms with van der Waals surface area (Å²) in [7, 11) is 0. The first-order valence-corrected chi connectivity index (χ1v) is 3.97. The Morgan fingerprint density at radius 1 is 1.00 bits per heavy atom. The monoisotopic (exact) mass is 128 g/mol. The molecule has 0 aliphatic heterocycles. The van der Waals surface area contributed by atoms with Gasteiger partial charge in [-0.25, -0.2) is 4.39 Å². The molecule has 0 amide bonds. The van der Waals surface area contributed by atoms with Crippen molar-refractivity contribution in [2.75, 3.05) is 0 Å². The van der Waals surface area contributed by atoms with E-state index < -0.39 is 5.67 Å². The summed E-state index contributed by atoms with van der Waals surface area (Å²) >= 11 is 0. The molecule has 0 saturated heterocycles. The quantitative estimate of drug-likeness (QED) is 0.470. The van der Waals surface area contributed by atoms with Gasteiger partial charge >= 0.3 is 0 Å². The first-order valence-electron chi connectivity index (χ1n) is 3.97. The zero-order valence-corrected chi connectivity index (χ0v) is 5.70. The Kier molecular flexibility index (Phi) is 1.08. The predicted molar refractivity (Wildman–Crippen MR) is 35.0 cm³/mol. The summed E-state index contributed by atoms with van der Waals surface area (Å²) in [5.74, 6) is 0.891. The molecule has 9 heavy (non-hydrogen) atoms. The van der Waals surface area contributed by atoms with E-state index in [4.69, 9.17) is 0 Å². The predicted octanol–water partition coefficient (Wildman–Crippen LogP) is 2.68. The van der Waals surface area contributed by atoms with Crippen LogP contribution in [-0.4, -0.2) is 5.67 Å². The normalized spacial score (nSPS) is 49.7. The third-order valence-corrected chi connectivity index (χ3v) is 3.00. The molecule has 3 fully saturated rings. The SMILES string of the molecule is FC12CCC(CC1)CC2. The third-order valence-electron chi connectivity index (χ3n) is 3.00. The first-order chi connectivity index (χ1) is 4.29. The van der Waals surface area contributed by atoms with Crippen LogP contribution in [0.25, 0.3) is 0 Å². The van der Waals surface area contributed by atoms with Crippen molar-refractivity contribution in [2.24, 2.45) is 5.92 Å². The van der Waals surface area contributed by atoms with Crippen molar-refractivity contribution in [3.8, 4) is 0 Å². The molecule has 0 aromatic heterocycles. The van der Waals surface area contributed by atoms with Gasteiger partial charge in [0.25, 0.3) is 0 Å². The standard InChI is InChI=1S/C8H13F/c9-8-4-1-7(2-5-8)3-6-8/h7H,1-6H2. The van der Waals surface area contributed by atoms with Gasteiger partial charge in [-0.3, -0.25) is 0 Å². The lowest BCUT2D eigenvalue weighted by Crippen LogP contribution is -2.35. The molecule has 3 saturated carbocycles. The molecule has 3 rings (SSSR count). The highest BCUT2D eigenvalue weighted by Gasteiger charge is 2.40. The molecule has 0 aromatic rings. The van der Waals surface area contributed by atoms with Gasteiger partial charge in [0.05, 0.1) is 0 Å². The van der Waals surface area contributed by atoms with E-state index in [9.17, 15) is 4.39 Å². The topological polar surface area (TPSA) is 0 Å². The second kappa shape index (κ2) is 1.71. The second-order valence-electron chi connectivity index (χ2n) is 3.63. The van der Waals surface area contributed by atoms with Gasteiger partial charge in [-0.2, -0.15) is 0 Å². The number of fused-ring (bicyclic) bond motifs is 3. The summed E-state index contributed by atoms with van der Waals surface area (Å²) in [6.45, 7) is 0. The minimum absolute atomic E-state index is 0.714. The van der Waals surface area contributed by atoms with Gasteiger partial charge in [-0.15, -0.1) is 0 Å². The molecule has 0 atom stereocenters. The maximum atomic E-state index is 13.3. The van der Waals surface area contributed by atoms with E-state index in [1.54, 1.807) is 0 Å². The Morgan fingerprint density at radius 3 is 1.67 bits per heavy atom. The van der Waals surface area contributed by atoms with Gasteiger partial charge in [-0.1, -0.05) is 0 Å². The molecule has 0 spiro atoms. The molecule has 1 heteroatoms. The molecule has 2 bridgehead atoms. The van der Waals surface area contributed by atoms with Crippen LogP contribution in [0.15, 0.2) is 0 Å². The highest BCUT2D eigenvalue weighted by Crippen LogP contribution is 2.46. The van der Waals surface area contributed by atoms with E-state index in [0.717, 1.165) is 44.4 Å². The smallest absolute Gasteiger partial charge is 0.111 e. The summed E-state index contributed by atoms with van der Waals surface area (Å²) in [5.41, 5.74) is -0.714. The van der Waals surface area contributed by atoms with Crippen molar-refractivity contribution in [2.45, 2.75) is 44.2 Å². The van der Waals surface area contributed by atoms with E-state index in [1.165, 1.54) is 0 Å². The zero-order valence-electron chi connectivity index (χ0n) is 5.70. The third kappa shape index (κ3) is 0.867. The fraction of sp³-hybridized carbons (Fsp3) is 1.00. The van der Waals surface area contributed by atoms with E-state index in [2.05, 4.69) is 0 Å². The van der Waals surface area contributed by atoms with Gasteiger partial charge in [0, 0.05) is 0 Å². The van der Waals surface area contributed by atoms with Crippen LogP contribution in [0.2, 0.25) is 0 Å². The lowest BCUT2D eigenvalue weighted by molar-refractivity contribution is 0.0220. The lowest BCUT2D eigenvalue weighted by Gasteiger charge is -2.40. The first kappa shape index (κ1) is 5.70. The molecule has 52 valence electrons. The molecule has 0 unspecified atom stereocenters. The summed E-state index contributed by atoms with van der Waals surface area (Å²) in [4.78, 5) is 0. The van der Waals surface area contributed by atoms with Gasteiger partial charge in [0.1, 0.15) is 5.67 Å². The van der Waals surface area contributed by atoms with Crippen molar-refractivity contribution >= 4 is 0 Å². The second-order valence-corrected chi connectivity index (χ2v) is 3.63. The number of halogens is 1. The fourth-order valence-electron chi connectivity index (χ4n) is 2.20. The van der Waals surface area contributed by atoms with Crippen LogP contribution in [-0.2, 0) is 0 Å². The number of hydrogen-bond acceptors (Lipinski definition) is 0.